The predicted molar refractivity (Wildman–Crippen MR) is 89.6 cm³/mol. The molecule has 0 saturated carbocycles. The van der Waals surface area contributed by atoms with Gasteiger partial charge in [0.25, 0.3) is 0 Å². The van der Waals surface area contributed by atoms with E-state index in [0.29, 0.717) is 50.7 Å². The summed E-state index contributed by atoms with van der Waals surface area (Å²) in [6.45, 7) is 2.66. The van der Waals surface area contributed by atoms with Gasteiger partial charge in [0.15, 0.2) is 0 Å². The van der Waals surface area contributed by atoms with Gasteiger partial charge in [-0.1, -0.05) is 0 Å². The average molecular weight is 346 g/mol. The standard InChI is InChI=1S/C16H27N3O3.ClH/c1-18(11-16(21)19-4-6-22-7-5-19)15(20)10-12-8-13-2-3-14(9-12)17-13;/h12-14,17H,2-11H2,1H3;1H. The highest BCUT2D eigenvalue weighted by molar-refractivity contribution is 5.85. The van der Waals surface area contributed by atoms with Gasteiger partial charge in [0.1, 0.15) is 0 Å². The predicted octanol–water partition coefficient (Wildman–Crippen LogP) is 0.646. The maximum absolute atomic E-state index is 12.4. The molecule has 6 nitrogen and oxygen atoms in total. The first kappa shape index (κ1) is 18.5. The lowest BCUT2D eigenvalue weighted by Crippen LogP contribution is -2.46. The van der Waals surface area contributed by atoms with Crippen LogP contribution < -0.4 is 5.32 Å². The van der Waals surface area contributed by atoms with Crippen molar-refractivity contribution in [1.29, 1.82) is 0 Å². The molecule has 0 radical (unpaired) electrons. The Bertz CT molecular complexity index is 417. The number of fused-ring (bicyclic) bond motifs is 2. The van der Waals surface area contributed by atoms with Crippen LogP contribution in [-0.4, -0.2) is 73.6 Å². The van der Waals surface area contributed by atoms with Gasteiger partial charge in [-0.2, -0.15) is 0 Å². The molecule has 3 saturated heterocycles. The highest BCUT2D eigenvalue weighted by atomic mass is 35.5. The van der Waals surface area contributed by atoms with Crippen LogP contribution in [0.2, 0.25) is 0 Å². The van der Waals surface area contributed by atoms with Crippen molar-refractivity contribution < 1.29 is 14.3 Å². The van der Waals surface area contributed by atoms with Gasteiger partial charge in [0.05, 0.1) is 19.8 Å². The number of morpholine rings is 1. The monoisotopic (exact) mass is 345 g/mol. The molecule has 0 aromatic rings. The second-order valence-corrected chi connectivity index (χ2v) is 6.92. The summed E-state index contributed by atoms with van der Waals surface area (Å²) in [6.07, 6.45) is 5.30. The topological polar surface area (TPSA) is 61.9 Å². The fourth-order valence-corrected chi connectivity index (χ4v) is 3.95. The first-order valence-corrected chi connectivity index (χ1v) is 8.47. The molecule has 3 aliphatic heterocycles. The normalized spacial score (nSPS) is 29.8. The molecule has 1 N–H and O–H groups in total. The summed E-state index contributed by atoms with van der Waals surface area (Å²) in [6, 6.07) is 1.22. The zero-order chi connectivity index (χ0) is 15.5. The fraction of sp³-hybridized carbons (Fsp3) is 0.875. The number of amides is 2. The summed E-state index contributed by atoms with van der Waals surface area (Å²) in [5.41, 5.74) is 0. The number of hydrogen-bond donors (Lipinski definition) is 1. The van der Waals surface area contributed by atoms with Crippen LogP contribution in [0, 0.1) is 5.92 Å². The number of halogens is 1. The van der Waals surface area contributed by atoms with Gasteiger partial charge in [-0.05, 0) is 31.6 Å². The van der Waals surface area contributed by atoms with Crippen LogP contribution in [0.3, 0.4) is 0 Å². The van der Waals surface area contributed by atoms with Gasteiger partial charge in [0.2, 0.25) is 11.8 Å². The van der Waals surface area contributed by atoms with E-state index >= 15 is 0 Å². The number of carbonyl (C=O) groups is 2. The van der Waals surface area contributed by atoms with Crippen LogP contribution in [0.1, 0.15) is 32.1 Å². The summed E-state index contributed by atoms with van der Waals surface area (Å²) in [5, 5.41) is 3.60. The number of nitrogens with one attached hydrogen (secondary N) is 1. The first-order chi connectivity index (χ1) is 10.6. The van der Waals surface area contributed by atoms with E-state index in [0.717, 1.165) is 12.8 Å². The fourth-order valence-electron chi connectivity index (χ4n) is 3.95. The van der Waals surface area contributed by atoms with E-state index in [9.17, 15) is 9.59 Å². The minimum atomic E-state index is 0. The molecule has 0 spiro atoms. The van der Waals surface area contributed by atoms with E-state index in [1.54, 1.807) is 16.8 Å². The van der Waals surface area contributed by atoms with Crippen LogP contribution >= 0.6 is 12.4 Å². The molecule has 0 aromatic heterocycles. The number of ether oxygens (including phenoxy) is 1. The molecule has 2 bridgehead atoms. The van der Waals surface area contributed by atoms with E-state index in [2.05, 4.69) is 5.32 Å². The molecular formula is C16H28ClN3O3. The van der Waals surface area contributed by atoms with Crippen LogP contribution in [0.25, 0.3) is 0 Å². The van der Waals surface area contributed by atoms with E-state index in [-0.39, 0.29) is 30.8 Å². The molecule has 0 aromatic carbocycles. The number of nitrogens with zero attached hydrogens (tertiary/aromatic N) is 2. The van der Waals surface area contributed by atoms with Crippen molar-refractivity contribution in [3.63, 3.8) is 0 Å². The van der Waals surface area contributed by atoms with Gasteiger partial charge < -0.3 is 19.9 Å². The van der Waals surface area contributed by atoms with Crippen LogP contribution in [0.5, 0.6) is 0 Å². The van der Waals surface area contributed by atoms with Crippen molar-refractivity contribution in [3.05, 3.63) is 0 Å². The van der Waals surface area contributed by atoms with Crippen molar-refractivity contribution in [2.24, 2.45) is 5.92 Å². The Balaban J connectivity index is 0.00000192. The van der Waals surface area contributed by atoms with E-state index in [4.69, 9.17) is 4.74 Å². The molecule has 132 valence electrons. The minimum Gasteiger partial charge on any atom is -0.378 e. The molecule has 3 heterocycles. The van der Waals surface area contributed by atoms with E-state index < -0.39 is 0 Å². The molecule has 3 rings (SSSR count). The lowest BCUT2D eigenvalue weighted by Gasteiger charge is -2.31. The zero-order valence-corrected chi connectivity index (χ0v) is 14.6. The largest absolute Gasteiger partial charge is 0.378 e. The number of likely N-dealkylation sites (N-methyl/N-ethyl adjacent to an activating group) is 1. The van der Waals surface area contributed by atoms with Crippen molar-refractivity contribution in [1.82, 2.24) is 15.1 Å². The maximum Gasteiger partial charge on any atom is 0.242 e. The second kappa shape index (κ2) is 8.31. The lowest BCUT2D eigenvalue weighted by atomic mass is 9.89. The minimum absolute atomic E-state index is 0. The second-order valence-electron chi connectivity index (χ2n) is 6.92. The molecule has 2 amide bonds. The Morgan fingerprint density at radius 2 is 1.78 bits per heavy atom. The summed E-state index contributed by atoms with van der Waals surface area (Å²) in [7, 11) is 1.75. The molecule has 7 heteroatoms. The third-order valence-electron chi connectivity index (χ3n) is 5.20. The SMILES string of the molecule is CN(CC(=O)N1CCOCC1)C(=O)CC1CC2CCC(C1)N2.Cl. The maximum atomic E-state index is 12.4. The Morgan fingerprint density at radius 3 is 2.39 bits per heavy atom. The summed E-state index contributed by atoms with van der Waals surface area (Å²) in [5.74, 6) is 0.615. The summed E-state index contributed by atoms with van der Waals surface area (Å²) in [4.78, 5) is 27.9. The smallest absolute Gasteiger partial charge is 0.242 e. The van der Waals surface area contributed by atoms with Crippen molar-refractivity contribution in [2.45, 2.75) is 44.2 Å². The van der Waals surface area contributed by atoms with E-state index in [1.807, 2.05) is 0 Å². The summed E-state index contributed by atoms with van der Waals surface area (Å²) >= 11 is 0. The molecule has 23 heavy (non-hydrogen) atoms. The summed E-state index contributed by atoms with van der Waals surface area (Å²) < 4.78 is 5.25. The molecule has 2 unspecified atom stereocenters. The zero-order valence-electron chi connectivity index (χ0n) is 13.8. The molecular weight excluding hydrogens is 318 g/mol. The van der Waals surface area contributed by atoms with Gasteiger partial charge >= 0.3 is 0 Å². The molecule has 3 aliphatic rings. The van der Waals surface area contributed by atoms with Crippen molar-refractivity contribution >= 4 is 24.2 Å². The highest BCUT2D eigenvalue weighted by Crippen LogP contribution is 2.32. The Morgan fingerprint density at radius 1 is 1.17 bits per heavy atom. The van der Waals surface area contributed by atoms with E-state index in [1.165, 1.54) is 12.8 Å². The molecule has 3 fully saturated rings. The lowest BCUT2D eigenvalue weighted by molar-refractivity contribution is -0.142. The quantitative estimate of drug-likeness (QED) is 0.812. The Hall–Kier alpha value is -0.850. The number of piperidine rings is 1. The third kappa shape index (κ3) is 4.81. The first-order valence-electron chi connectivity index (χ1n) is 8.47. The number of hydrogen-bond acceptors (Lipinski definition) is 4. The van der Waals surface area contributed by atoms with Gasteiger partial charge in [-0.25, -0.2) is 0 Å². The van der Waals surface area contributed by atoms with Crippen LogP contribution in [0.4, 0.5) is 0 Å². The van der Waals surface area contributed by atoms with Crippen LogP contribution in [-0.2, 0) is 14.3 Å². The highest BCUT2D eigenvalue weighted by Gasteiger charge is 2.34. The van der Waals surface area contributed by atoms with Gasteiger partial charge in [0, 0.05) is 38.6 Å². The van der Waals surface area contributed by atoms with Crippen molar-refractivity contribution in [2.75, 3.05) is 39.9 Å². The Labute approximate surface area is 144 Å². The number of carbonyl (C=O) groups excluding carboxylic acids is 2. The van der Waals surface area contributed by atoms with Gasteiger partial charge in [-0.15, -0.1) is 12.4 Å². The van der Waals surface area contributed by atoms with Crippen molar-refractivity contribution in [3.8, 4) is 0 Å². The van der Waals surface area contributed by atoms with Gasteiger partial charge in [-0.3, -0.25) is 9.59 Å². The number of rotatable bonds is 4. The third-order valence-corrected chi connectivity index (χ3v) is 5.20. The average Bonchev–Trinajstić information content (AvgIpc) is 2.86. The Kier molecular flexibility index (Phi) is 6.68. The molecule has 0 aliphatic carbocycles. The molecule has 2 atom stereocenters. The van der Waals surface area contributed by atoms with Crippen LogP contribution in [0.15, 0.2) is 0 Å².